The van der Waals surface area contributed by atoms with Gasteiger partial charge in [-0.3, -0.25) is 0 Å². The lowest BCUT2D eigenvalue weighted by molar-refractivity contribution is 0.354. The van der Waals surface area contributed by atoms with Crippen LogP contribution in [-0.4, -0.2) is 24.2 Å². The number of halogens is 1. The molecule has 0 aromatic heterocycles. The van der Waals surface area contributed by atoms with Crippen LogP contribution in [0.3, 0.4) is 0 Å². The van der Waals surface area contributed by atoms with Crippen molar-refractivity contribution in [1.82, 2.24) is 5.32 Å². The van der Waals surface area contributed by atoms with Crippen molar-refractivity contribution in [2.75, 3.05) is 12.9 Å². The van der Waals surface area contributed by atoms with Crippen LogP contribution in [0.4, 0.5) is 0 Å². The first-order chi connectivity index (χ1) is 10.2. The summed E-state index contributed by atoms with van der Waals surface area (Å²) in [6.45, 7) is 1.14. The van der Waals surface area contributed by atoms with Crippen LogP contribution >= 0.6 is 27.7 Å². The van der Waals surface area contributed by atoms with Crippen molar-refractivity contribution >= 4 is 27.7 Å². The van der Waals surface area contributed by atoms with Gasteiger partial charge >= 0.3 is 0 Å². The molecule has 2 rings (SSSR count). The third-order valence-corrected chi connectivity index (χ3v) is 5.55. The molecule has 0 heterocycles. The molecule has 0 spiro atoms. The minimum absolute atomic E-state index is 0.313. The Balaban J connectivity index is 1.90. The molecule has 1 aliphatic carbocycles. The second-order valence-corrected chi connectivity index (χ2v) is 7.39. The molecular formula is C17H22BrNOS. The topological polar surface area (TPSA) is 21.3 Å². The first kappa shape index (κ1) is 16.7. The Hall–Kier alpha value is -0.630. The molecule has 1 aromatic carbocycles. The van der Waals surface area contributed by atoms with Crippen LogP contribution < -0.4 is 10.1 Å². The Bertz CT molecular complexity index is 492. The Kier molecular flexibility index (Phi) is 6.95. The van der Waals surface area contributed by atoms with E-state index in [0.29, 0.717) is 12.6 Å². The van der Waals surface area contributed by atoms with Crippen LogP contribution in [0.1, 0.15) is 31.2 Å². The molecule has 21 heavy (non-hydrogen) atoms. The highest BCUT2D eigenvalue weighted by atomic mass is 79.9. The van der Waals surface area contributed by atoms with Gasteiger partial charge in [0.15, 0.2) is 0 Å². The lowest BCUT2D eigenvalue weighted by atomic mass is 9.95. The van der Waals surface area contributed by atoms with Gasteiger partial charge < -0.3 is 10.1 Å². The maximum Gasteiger partial charge on any atom is 0.148 e. The number of benzene rings is 1. The smallest absolute Gasteiger partial charge is 0.148 e. The third-order valence-electron chi connectivity index (χ3n) is 3.92. The SMILES string of the molecule is C#CCOc1ccc(Br)cc1CNC1CCC(SC)CC1. The first-order valence-corrected chi connectivity index (χ1v) is 9.42. The van der Waals surface area contributed by atoms with Gasteiger partial charge in [0.1, 0.15) is 12.4 Å². The number of terminal acetylenes is 1. The molecule has 1 fully saturated rings. The third kappa shape index (κ3) is 5.25. The van der Waals surface area contributed by atoms with Crippen molar-refractivity contribution in [3.63, 3.8) is 0 Å². The van der Waals surface area contributed by atoms with E-state index in [1.807, 2.05) is 23.9 Å². The van der Waals surface area contributed by atoms with Gasteiger partial charge in [0.2, 0.25) is 0 Å². The summed E-state index contributed by atoms with van der Waals surface area (Å²) < 4.78 is 6.68. The van der Waals surface area contributed by atoms with E-state index in [1.165, 1.54) is 25.7 Å². The van der Waals surface area contributed by atoms with E-state index in [4.69, 9.17) is 11.2 Å². The quantitative estimate of drug-likeness (QED) is 0.760. The fourth-order valence-electron chi connectivity index (χ4n) is 2.70. The van der Waals surface area contributed by atoms with Gasteiger partial charge in [-0.15, -0.1) is 6.42 Å². The predicted molar refractivity (Wildman–Crippen MR) is 94.9 cm³/mol. The van der Waals surface area contributed by atoms with E-state index in [9.17, 15) is 0 Å². The molecule has 0 aliphatic heterocycles. The van der Waals surface area contributed by atoms with Gasteiger partial charge in [0.05, 0.1) is 0 Å². The number of hydrogen-bond acceptors (Lipinski definition) is 3. The average Bonchev–Trinajstić information content (AvgIpc) is 2.52. The van der Waals surface area contributed by atoms with Gasteiger partial charge in [-0.05, 0) is 50.1 Å². The van der Waals surface area contributed by atoms with E-state index in [1.54, 1.807) is 0 Å². The number of nitrogens with one attached hydrogen (secondary N) is 1. The highest BCUT2D eigenvalue weighted by molar-refractivity contribution is 9.10. The molecule has 0 bridgehead atoms. The maximum atomic E-state index is 5.62. The molecule has 114 valence electrons. The molecule has 0 unspecified atom stereocenters. The molecule has 1 saturated carbocycles. The van der Waals surface area contributed by atoms with Crippen molar-refractivity contribution in [2.24, 2.45) is 0 Å². The lowest BCUT2D eigenvalue weighted by Gasteiger charge is -2.28. The molecule has 0 atom stereocenters. The van der Waals surface area contributed by atoms with Crippen LogP contribution in [0.25, 0.3) is 0 Å². The second-order valence-electron chi connectivity index (χ2n) is 5.34. The fourth-order valence-corrected chi connectivity index (χ4v) is 3.86. The van der Waals surface area contributed by atoms with Gasteiger partial charge in [-0.2, -0.15) is 11.8 Å². The molecule has 1 aromatic rings. The standard InChI is InChI=1S/C17H22BrNOS/c1-3-10-20-17-9-4-14(18)11-13(17)12-19-15-5-7-16(21-2)8-6-15/h1,4,9,11,15-16,19H,5-8,10,12H2,2H3. The summed E-state index contributed by atoms with van der Waals surface area (Å²) in [5.41, 5.74) is 1.16. The normalized spacial score (nSPS) is 21.8. The van der Waals surface area contributed by atoms with Crippen LogP contribution in [0.15, 0.2) is 22.7 Å². The molecule has 1 aliphatic rings. The summed E-state index contributed by atoms with van der Waals surface area (Å²) in [7, 11) is 0. The largest absolute Gasteiger partial charge is 0.481 e. The summed E-state index contributed by atoms with van der Waals surface area (Å²) in [5.74, 6) is 3.39. The molecule has 0 radical (unpaired) electrons. The van der Waals surface area contributed by atoms with Crippen LogP contribution in [0.2, 0.25) is 0 Å². The van der Waals surface area contributed by atoms with Crippen LogP contribution in [0.5, 0.6) is 5.75 Å². The number of rotatable bonds is 6. The minimum atomic E-state index is 0.313. The van der Waals surface area contributed by atoms with Gasteiger partial charge in [-0.25, -0.2) is 0 Å². The van der Waals surface area contributed by atoms with Crippen molar-refractivity contribution in [3.8, 4) is 18.1 Å². The van der Waals surface area contributed by atoms with Gasteiger partial charge in [0, 0.05) is 27.9 Å². The first-order valence-electron chi connectivity index (χ1n) is 7.33. The Morgan fingerprint density at radius 3 is 2.81 bits per heavy atom. The van der Waals surface area contributed by atoms with Crippen LogP contribution in [-0.2, 0) is 6.54 Å². The predicted octanol–water partition coefficient (Wildman–Crippen LogP) is 4.22. The lowest BCUT2D eigenvalue weighted by Crippen LogP contribution is -2.33. The zero-order chi connectivity index (χ0) is 15.1. The second kappa shape index (κ2) is 8.73. The Labute approximate surface area is 140 Å². The average molecular weight is 368 g/mol. The molecule has 2 nitrogen and oxygen atoms in total. The maximum absolute atomic E-state index is 5.62. The summed E-state index contributed by atoms with van der Waals surface area (Å²) in [5, 5.41) is 4.52. The summed E-state index contributed by atoms with van der Waals surface area (Å²) in [6, 6.07) is 6.68. The molecule has 0 saturated heterocycles. The van der Waals surface area contributed by atoms with Crippen molar-refractivity contribution in [3.05, 3.63) is 28.2 Å². The van der Waals surface area contributed by atoms with Gasteiger partial charge in [-0.1, -0.05) is 21.9 Å². The van der Waals surface area contributed by atoms with E-state index in [2.05, 4.69) is 39.5 Å². The Morgan fingerprint density at radius 1 is 1.38 bits per heavy atom. The number of thioether (sulfide) groups is 1. The zero-order valence-corrected chi connectivity index (χ0v) is 14.8. The molecular weight excluding hydrogens is 346 g/mol. The van der Waals surface area contributed by atoms with Crippen molar-refractivity contribution in [2.45, 2.75) is 43.5 Å². The number of ether oxygens (including phenoxy) is 1. The van der Waals surface area contributed by atoms with E-state index < -0.39 is 0 Å². The Morgan fingerprint density at radius 2 is 2.14 bits per heavy atom. The van der Waals surface area contributed by atoms with Crippen LogP contribution in [0, 0.1) is 12.3 Å². The summed E-state index contributed by atoms with van der Waals surface area (Å²) in [6.07, 6.45) is 12.7. The zero-order valence-electron chi connectivity index (χ0n) is 12.4. The van der Waals surface area contributed by atoms with E-state index in [-0.39, 0.29) is 0 Å². The molecule has 4 heteroatoms. The minimum Gasteiger partial charge on any atom is -0.481 e. The van der Waals surface area contributed by atoms with Crippen molar-refractivity contribution < 1.29 is 4.74 Å². The van der Waals surface area contributed by atoms with Crippen molar-refractivity contribution in [1.29, 1.82) is 0 Å². The fraction of sp³-hybridized carbons (Fsp3) is 0.529. The van der Waals surface area contributed by atoms with E-state index in [0.717, 1.165) is 27.6 Å². The van der Waals surface area contributed by atoms with Gasteiger partial charge in [0.25, 0.3) is 0 Å². The molecule has 0 amide bonds. The highest BCUT2D eigenvalue weighted by Gasteiger charge is 2.20. The summed E-state index contributed by atoms with van der Waals surface area (Å²) in [4.78, 5) is 0. The number of hydrogen-bond donors (Lipinski definition) is 1. The highest BCUT2D eigenvalue weighted by Crippen LogP contribution is 2.28. The summed E-state index contributed by atoms with van der Waals surface area (Å²) >= 11 is 5.52. The van der Waals surface area contributed by atoms with E-state index >= 15 is 0 Å². The monoisotopic (exact) mass is 367 g/mol. The molecule has 1 N–H and O–H groups in total.